The lowest BCUT2D eigenvalue weighted by Crippen LogP contribution is -2.32. The average Bonchev–Trinajstić information content (AvgIpc) is 3.16. The Morgan fingerprint density at radius 3 is 2.54 bits per heavy atom. The van der Waals surface area contributed by atoms with Crippen LogP contribution in [-0.4, -0.2) is 39.4 Å². The van der Waals surface area contributed by atoms with E-state index in [0.717, 1.165) is 47.7 Å². The van der Waals surface area contributed by atoms with Crippen LogP contribution >= 0.6 is 0 Å². The van der Waals surface area contributed by atoms with Crippen LogP contribution in [-0.2, 0) is 0 Å². The molecular formula is C21H24N6O. The summed E-state index contributed by atoms with van der Waals surface area (Å²) >= 11 is 0. The zero-order valence-corrected chi connectivity index (χ0v) is 16.1. The van der Waals surface area contributed by atoms with E-state index in [1.165, 1.54) is 0 Å². The van der Waals surface area contributed by atoms with Gasteiger partial charge in [0.2, 0.25) is 0 Å². The highest BCUT2D eigenvalue weighted by Gasteiger charge is 2.31. The first-order valence-corrected chi connectivity index (χ1v) is 9.46. The molecule has 1 aliphatic rings. The van der Waals surface area contributed by atoms with Gasteiger partial charge in [-0.05, 0) is 44.4 Å². The number of para-hydroxylation sites is 1. The van der Waals surface area contributed by atoms with Crippen LogP contribution < -0.4 is 15.4 Å². The number of anilines is 2. The molecule has 0 amide bonds. The van der Waals surface area contributed by atoms with E-state index in [1.807, 2.05) is 49.5 Å². The third-order valence-electron chi connectivity index (χ3n) is 5.10. The second kappa shape index (κ2) is 7.90. The van der Waals surface area contributed by atoms with E-state index >= 15 is 0 Å². The molecule has 4 rings (SSSR count). The van der Waals surface area contributed by atoms with Crippen LogP contribution in [0.15, 0.2) is 48.8 Å². The molecule has 3 aromatic rings. The fourth-order valence-electron chi connectivity index (χ4n) is 3.69. The van der Waals surface area contributed by atoms with Crippen molar-refractivity contribution in [1.29, 1.82) is 0 Å². The van der Waals surface area contributed by atoms with Crippen LogP contribution in [0, 0.1) is 6.92 Å². The SMILES string of the molecule is COc1ccccc1-c1ccc(N(c2ncc(C)nn2)[C@H]2CC[C@H](N)C2)nc1. The Bertz CT molecular complexity index is 928. The van der Waals surface area contributed by atoms with Gasteiger partial charge in [-0.3, -0.25) is 4.90 Å². The summed E-state index contributed by atoms with van der Waals surface area (Å²) in [5.74, 6) is 2.17. The van der Waals surface area contributed by atoms with Crippen molar-refractivity contribution in [2.24, 2.45) is 5.73 Å². The summed E-state index contributed by atoms with van der Waals surface area (Å²) in [7, 11) is 1.67. The second-order valence-corrected chi connectivity index (χ2v) is 7.10. The fraction of sp³-hybridized carbons (Fsp3) is 0.333. The first kappa shape index (κ1) is 18.3. The van der Waals surface area contributed by atoms with Gasteiger partial charge in [0, 0.05) is 29.4 Å². The van der Waals surface area contributed by atoms with Crippen molar-refractivity contribution in [1.82, 2.24) is 20.2 Å². The molecule has 2 atom stereocenters. The number of aryl methyl sites for hydroxylation is 1. The molecule has 7 nitrogen and oxygen atoms in total. The quantitative estimate of drug-likeness (QED) is 0.731. The van der Waals surface area contributed by atoms with Gasteiger partial charge < -0.3 is 10.5 Å². The monoisotopic (exact) mass is 376 g/mol. The van der Waals surface area contributed by atoms with E-state index in [4.69, 9.17) is 15.5 Å². The number of benzene rings is 1. The molecule has 0 unspecified atom stereocenters. The first-order valence-electron chi connectivity index (χ1n) is 9.46. The number of hydrogen-bond acceptors (Lipinski definition) is 7. The zero-order valence-electron chi connectivity index (χ0n) is 16.1. The number of hydrogen-bond donors (Lipinski definition) is 1. The highest BCUT2D eigenvalue weighted by atomic mass is 16.5. The smallest absolute Gasteiger partial charge is 0.251 e. The highest BCUT2D eigenvalue weighted by molar-refractivity contribution is 5.71. The average molecular weight is 376 g/mol. The minimum Gasteiger partial charge on any atom is -0.496 e. The standard InChI is InChI=1S/C21H24N6O/c1-14-12-24-21(26-25-14)27(17-9-8-16(22)11-17)20-10-7-15(13-23-20)18-5-3-4-6-19(18)28-2/h3-7,10,12-13,16-17H,8-9,11,22H2,1-2H3/t16-,17-/m0/s1. The molecule has 1 saturated carbocycles. The Kier molecular flexibility index (Phi) is 5.16. The first-order chi connectivity index (χ1) is 13.7. The summed E-state index contributed by atoms with van der Waals surface area (Å²) in [5, 5.41) is 8.47. The Morgan fingerprint density at radius 1 is 1.04 bits per heavy atom. The maximum absolute atomic E-state index is 6.16. The summed E-state index contributed by atoms with van der Waals surface area (Å²) in [6.45, 7) is 1.87. The maximum Gasteiger partial charge on any atom is 0.251 e. The van der Waals surface area contributed by atoms with Crippen LogP contribution in [0.3, 0.4) is 0 Å². The number of pyridine rings is 1. The van der Waals surface area contributed by atoms with Crippen molar-refractivity contribution in [3.05, 3.63) is 54.5 Å². The molecule has 1 aromatic carbocycles. The third kappa shape index (κ3) is 3.66. The van der Waals surface area contributed by atoms with Gasteiger partial charge in [0.05, 0.1) is 19.0 Å². The number of nitrogens with zero attached hydrogens (tertiary/aromatic N) is 5. The lowest BCUT2D eigenvalue weighted by molar-refractivity contribution is 0.416. The predicted octanol–water partition coefficient (Wildman–Crippen LogP) is 3.27. The highest BCUT2D eigenvalue weighted by Crippen LogP contribution is 2.34. The molecule has 0 aliphatic heterocycles. The van der Waals surface area contributed by atoms with Crippen molar-refractivity contribution in [3.63, 3.8) is 0 Å². The van der Waals surface area contributed by atoms with E-state index in [9.17, 15) is 0 Å². The van der Waals surface area contributed by atoms with Crippen LogP contribution in [0.4, 0.5) is 11.8 Å². The Labute approximate surface area is 164 Å². The number of aromatic nitrogens is 4. The van der Waals surface area contributed by atoms with Crippen LogP contribution in [0.25, 0.3) is 11.1 Å². The van der Waals surface area contributed by atoms with E-state index in [-0.39, 0.29) is 12.1 Å². The van der Waals surface area contributed by atoms with Crippen molar-refractivity contribution in [3.8, 4) is 16.9 Å². The van der Waals surface area contributed by atoms with Crippen molar-refractivity contribution >= 4 is 11.8 Å². The molecule has 0 radical (unpaired) electrons. The molecule has 0 saturated heterocycles. The topological polar surface area (TPSA) is 90.0 Å². The minimum absolute atomic E-state index is 0.193. The molecule has 0 bridgehead atoms. The van der Waals surface area contributed by atoms with Gasteiger partial charge in [0.15, 0.2) is 0 Å². The second-order valence-electron chi connectivity index (χ2n) is 7.10. The van der Waals surface area contributed by atoms with Gasteiger partial charge in [-0.25, -0.2) is 9.97 Å². The van der Waals surface area contributed by atoms with Gasteiger partial charge in [-0.2, -0.15) is 5.10 Å². The van der Waals surface area contributed by atoms with Gasteiger partial charge in [0.1, 0.15) is 11.6 Å². The molecule has 28 heavy (non-hydrogen) atoms. The Morgan fingerprint density at radius 2 is 1.89 bits per heavy atom. The number of nitrogens with two attached hydrogens (primary N) is 1. The molecule has 2 heterocycles. The van der Waals surface area contributed by atoms with E-state index in [2.05, 4.69) is 20.1 Å². The summed E-state index contributed by atoms with van der Waals surface area (Å²) in [6.07, 6.45) is 6.44. The number of methoxy groups -OCH3 is 1. The normalized spacial score (nSPS) is 18.8. The van der Waals surface area contributed by atoms with Crippen LogP contribution in [0.2, 0.25) is 0 Å². The summed E-state index contributed by atoms with van der Waals surface area (Å²) in [6, 6.07) is 12.4. The molecule has 2 aromatic heterocycles. The number of ether oxygens (including phenoxy) is 1. The molecule has 1 fully saturated rings. The Balaban J connectivity index is 1.69. The predicted molar refractivity (Wildman–Crippen MR) is 109 cm³/mol. The molecule has 1 aliphatic carbocycles. The molecule has 7 heteroatoms. The zero-order chi connectivity index (χ0) is 19.5. The van der Waals surface area contributed by atoms with Gasteiger partial charge >= 0.3 is 0 Å². The maximum atomic E-state index is 6.16. The third-order valence-corrected chi connectivity index (χ3v) is 5.10. The lowest BCUT2D eigenvalue weighted by atomic mass is 10.1. The van der Waals surface area contributed by atoms with Crippen molar-refractivity contribution < 1.29 is 4.74 Å². The van der Waals surface area contributed by atoms with Crippen molar-refractivity contribution in [2.45, 2.75) is 38.3 Å². The van der Waals surface area contributed by atoms with E-state index in [1.54, 1.807) is 13.3 Å². The fourth-order valence-corrected chi connectivity index (χ4v) is 3.69. The van der Waals surface area contributed by atoms with Gasteiger partial charge in [-0.1, -0.05) is 18.2 Å². The molecular weight excluding hydrogens is 352 g/mol. The number of rotatable bonds is 5. The summed E-state index contributed by atoms with van der Waals surface area (Å²) in [4.78, 5) is 11.3. The van der Waals surface area contributed by atoms with Gasteiger partial charge in [0.25, 0.3) is 5.95 Å². The summed E-state index contributed by atoms with van der Waals surface area (Å²) in [5.41, 5.74) is 8.94. The van der Waals surface area contributed by atoms with Crippen molar-refractivity contribution in [2.75, 3.05) is 12.0 Å². The van der Waals surface area contributed by atoms with E-state index < -0.39 is 0 Å². The molecule has 0 spiro atoms. The van der Waals surface area contributed by atoms with Gasteiger partial charge in [-0.15, -0.1) is 5.10 Å². The summed E-state index contributed by atoms with van der Waals surface area (Å²) < 4.78 is 5.47. The minimum atomic E-state index is 0.193. The Hall–Kier alpha value is -3.06. The van der Waals surface area contributed by atoms with Crippen LogP contribution in [0.1, 0.15) is 25.0 Å². The molecule has 144 valence electrons. The lowest BCUT2D eigenvalue weighted by Gasteiger charge is -2.27. The largest absolute Gasteiger partial charge is 0.496 e. The van der Waals surface area contributed by atoms with Crippen LogP contribution in [0.5, 0.6) is 5.75 Å². The van der Waals surface area contributed by atoms with E-state index in [0.29, 0.717) is 5.95 Å². The molecule has 2 N–H and O–H groups in total.